The van der Waals surface area contributed by atoms with Crippen molar-refractivity contribution in [3.63, 3.8) is 0 Å². The lowest BCUT2D eigenvalue weighted by atomic mass is 10.3. The first-order chi connectivity index (χ1) is 18.2. The molecule has 0 aromatic heterocycles. The molecule has 16 nitrogen and oxygen atoms in total. The molecule has 24 N–H and O–H groups in total. The normalized spacial score (nSPS) is 6.30. The summed E-state index contributed by atoms with van der Waals surface area (Å²) in [6.45, 7) is 21.2. The zero-order valence-corrected chi connectivity index (χ0v) is 25.7. The van der Waals surface area contributed by atoms with E-state index in [-0.39, 0.29) is 0 Å². The first-order valence-electron chi connectivity index (χ1n) is 11.9. The Morgan fingerprint density at radius 3 is 0.300 bits per heavy atom. The smallest absolute Gasteiger partial charge is 0.398 e. The maximum Gasteiger partial charge on any atom is 0.674 e. The summed E-state index contributed by atoms with van der Waals surface area (Å²) in [6.07, 6.45) is 0. The van der Waals surface area contributed by atoms with Crippen LogP contribution in [0, 0.1) is 0 Å². The van der Waals surface area contributed by atoms with Crippen molar-refractivity contribution in [2.75, 3.05) is 52.4 Å². The van der Waals surface area contributed by atoms with Gasteiger partial charge in [0.05, 0.1) is 0 Å². The maximum atomic E-state index is 10.1. The average molecular weight is 616 g/mol. The molecule has 0 heterocycles. The second-order valence-corrected chi connectivity index (χ2v) is 4.51. The molecule has 40 heavy (non-hydrogen) atoms. The van der Waals surface area contributed by atoms with Crippen LogP contribution < -0.4 is 45.9 Å². The summed E-state index contributed by atoms with van der Waals surface area (Å²) in [7, 11) is -10.7. The van der Waals surface area contributed by atoms with Gasteiger partial charge in [0.2, 0.25) is 0 Å². The van der Waals surface area contributed by atoms with Gasteiger partial charge in [-0.1, -0.05) is 55.4 Å². The molecule has 0 unspecified atom stereocenters. The quantitative estimate of drug-likeness (QED) is 0.0899. The van der Waals surface area contributed by atoms with Crippen molar-refractivity contribution in [1.82, 2.24) is 0 Å². The van der Waals surface area contributed by atoms with Crippen molar-refractivity contribution in [3.05, 3.63) is 0 Å². The fraction of sp³-hybridized carbons (Fsp3) is 1.00. The zero-order chi connectivity index (χ0) is 36.0. The standard InChI is InChI=1S/8C2H7N.4BFH2O2/c8*1-2-3;4*2-1(3)4/h8*2-3H2,1H3;4*3-4H. The minimum atomic E-state index is -2.67. The van der Waals surface area contributed by atoms with Crippen molar-refractivity contribution in [1.29, 1.82) is 0 Å². The predicted octanol–water partition coefficient (Wildman–Crippen LogP) is -4.58. The van der Waals surface area contributed by atoms with Gasteiger partial charge in [0.25, 0.3) is 0 Å². The van der Waals surface area contributed by atoms with Gasteiger partial charge in [0.1, 0.15) is 0 Å². The molecule has 0 atom stereocenters. The van der Waals surface area contributed by atoms with E-state index in [4.69, 9.17) is 86.1 Å². The first kappa shape index (κ1) is 77.4. The van der Waals surface area contributed by atoms with Crippen LogP contribution in [-0.2, 0) is 0 Å². The van der Waals surface area contributed by atoms with E-state index in [1.807, 2.05) is 55.4 Å². The van der Waals surface area contributed by atoms with Gasteiger partial charge >= 0.3 is 29.6 Å². The second-order valence-electron chi connectivity index (χ2n) is 4.51. The van der Waals surface area contributed by atoms with Crippen LogP contribution in [0.1, 0.15) is 55.4 Å². The molecule has 0 amide bonds. The highest BCUT2D eigenvalue weighted by atomic mass is 19.1. The number of rotatable bonds is 0. The van der Waals surface area contributed by atoms with Gasteiger partial charge in [-0.25, -0.2) is 0 Å². The third-order valence-corrected chi connectivity index (χ3v) is 0. The van der Waals surface area contributed by atoms with E-state index in [2.05, 4.69) is 0 Å². The lowest BCUT2D eigenvalue weighted by molar-refractivity contribution is 0.338. The predicted molar refractivity (Wildman–Crippen MR) is 163 cm³/mol. The third kappa shape index (κ3) is 113000. The summed E-state index contributed by atoms with van der Waals surface area (Å²) in [5.74, 6) is 0. The van der Waals surface area contributed by atoms with E-state index in [0.717, 1.165) is 52.4 Å². The molecule has 0 aliphatic heterocycles. The zero-order valence-electron chi connectivity index (χ0n) is 25.7. The number of nitrogens with two attached hydrogens (primary N) is 8. The second kappa shape index (κ2) is 143. The molecule has 0 spiro atoms. The van der Waals surface area contributed by atoms with Crippen LogP contribution in [0.3, 0.4) is 0 Å². The van der Waals surface area contributed by atoms with Crippen molar-refractivity contribution in [2.45, 2.75) is 55.4 Å². The maximum absolute atomic E-state index is 10.1. The summed E-state index contributed by atoms with van der Waals surface area (Å²) in [4.78, 5) is 0. The van der Waals surface area contributed by atoms with Crippen LogP contribution in [0.15, 0.2) is 0 Å². The monoisotopic (exact) mass is 617 g/mol. The van der Waals surface area contributed by atoms with Crippen LogP contribution in [0.5, 0.6) is 0 Å². The molecule has 0 saturated heterocycles. The van der Waals surface area contributed by atoms with Crippen molar-refractivity contribution in [3.8, 4) is 0 Å². The minimum Gasteiger partial charge on any atom is -0.398 e. The summed E-state index contributed by atoms with van der Waals surface area (Å²) < 4.78 is 40.4. The van der Waals surface area contributed by atoms with Crippen LogP contribution in [-0.4, -0.2) is 122 Å². The highest BCUT2D eigenvalue weighted by Gasteiger charge is 1.98. The Balaban J connectivity index is -0.0000000214. The summed E-state index contributed by atoms with van der Waals surface area (Å²) >= 11 is 0. The van der Waals surface area contributed by atoms with E-state index in [0.29, 0.717) is 0 Å². The molecule has 0 radical (unpaired) electrons. The van der Waals surface area contributed by atoms with E-state index in [1.165, 1.54) is 0 Å². The molecule has 0 bridgehead atoms. The fourth-order valence-electron chi connectivity index (χ4n) is 0. The third-order valence-electron chi connectivity index (χ3n) is 0. The van der Waals surface area contributed by atoms with Gasteiger partial charge < -0.3 is 86.1 Å². The Kier molecular flexibility index (Phi) is 276. The summed E-state index contributed by atoms with van der Waals surface area (Å²) in [5.41, 5.74) is 38.8. The van der Waals surface area contributed by atoms with Crippen molar-refractivity contribution >= 4 is 29.6 Å². The lowest BCUT2D eigenvalue weighted by Crippen LogP contribution is -1.98. The van der Waals surface area contributed by atoms with E-state index in [9.17, 15) is 17.3 Å². The summed E-state index contributed by atoms with van der Waals surface area (Å²) in [6, 6.07) is 0. The van der Waals surface area contributed by atoms with Crippen LogP contribution >= 0.6 is 0 Å². The molecule has 0 aromatic carbocycles. The van der Waals surface area contributed by atoms with Gasteiger partial charge in [0.15, 0.2) is 0 Å². The SMILES string of the molecule is CCN.CCN.CCN.CCN.CCN.CCN.CCN.CCN.OB(O)F.OB(O)F.OB(O)F.OB(O)F. The first-order valence-corrected chi connectivity index (χ1v) is 11.9. The Morgan fingerprint density at radius 2 is 0.300 bits per heavy atom. The molecule has 0 aliphatic rings. The Hall–Kier alpha value is -0.660. The summed E-state index contributed by atoms with van der Waals surface area (Å²) in [5, 5.41) is 55.6. The average Bonchev–Trinajstić information content (AvgIpc) is 2.71. The molecule has 0 aliphatic carbocycles. The van der Waals surface area contributed by atoms with Crippen LogP contribution in [0.25, 0.3) is 0 Å². The highest BCUT2D eigenvalue weighted by molar-refractivity contribution is 6.32. The lowest BCUT2D eigenvalue weighted by Gasteiger charge is -1.65. The van der Waals surface area contributed by atoms with Gasteiger partial charge in [0, 0.05) is 0 Å². The van der Waals surface area contributed by atoms with Gasteiger partial charge in [-0.3, -0.25) is 17.3 Å². The molecule has 0 rings (SSSR count). The number of hydrogen-bond donors (Lipinski definition) is 16. The topological polar surface area (TPSA) is 370 Å². The Labute approximate surface area is 241 Å². The number of hydrogen-bond acceptors (Lipinski definition) is 16. The molecule has 0 aromatic rings. The minimum absolute atomic E-state index is 0.750. The molecular weight excluding hydrogens is 551 g/mol. The largest absolute Gasteiger partial charge is 0.674 e. The van der Waals surface area contributed by atoms with Crippen LogP contribution in [0.2, 0.25) is 0 Å². The Morgan fingerprint density at radius 1 is 0.300 bits per heavy atom. The number of halogens is 4. The van der Waals surface area contributed by atoms with E-state index < -0.39 is 29.6 Å². The molecule has 0 fully saturated rings. The van der Waals surface area contributed by atoms with Crippen molar-refractivity contribution in [2.24, 2.45) is 45.9 Å². The van der Waals surface area contributed by atoms with Crippen LogP contribution in [0.4, 0.5) is 17.3 Å². The Bertz CT molecular complexity index is 191. The molecule has 0 saturated carbocycles. The van der Waals surface area contributed by atoms with E-state index >= 15 is 0 Å². The van der Waals surface area contributed by atoms with Gasteiger partial charge in [-0.15, -0.1) is 0 Å². The molecular formula is C16H64B4F4N8O8. The highest BCUT2D eigenvalue weighted by Crippen LogP contribution is 1.58. The van der Waals surface area contributed by atoms with Crippen molar-refractivity contribution < 1.29 is 57.5 Å². The van der Waals surface area contributed by atoms with Gasteiger partial charge in [-0.05, 0) is 52.4 Å². The molecule has 24 heteroatoms. The molecule has 256 valence electrons. The van der Waals surface area contributed by atoms with Gasteiger partial charge in [-0.2, -0.15) is 0 Å². The van der Waals surface area contributed by atoms with E-state index in [1.54, 1.807) is 0 Å². The fourth-order valence-corrected chi connectivity index (χ4v) is 0.